The third kappa shape index (κ3) is 4.40. The smallest absolute Gasteiger partial charge is 0.262 e. The van der Waals surface area contributed by atoms with Gasteiger partial charge in [-0.05, 0) is 52.8 Å². The quantitative estimate of drug-likeness (QED) is 0.539. The van der Waals surface area contributed by atoms with Crippen molar-refractivity contribution in [2.45, 2.75) is 58.0 Å². The molecule has 9 heteroatoms. The molecule has 1 N–H and O–H groups in total. The van der Waals surface area contributed by atoms with Crippen LogP contribution < -0.4 is 15.8 Å². The molecule has 3 aromatic heterocycles. The molecule has 0 amide bonds. The van der Waals surface area contributed by atoms with Gasteiger partial charge in [0.15, 0.2) is 5.78 Å². The summed E-state index contributed by atoms with van der Waals surface area (Å²) in [5, 5.41) is 4.07. The van der Waals surface area contributed by atoms with Gasteiger partial charge in [0, 0.05) is 42.8 Å². The number of pyridine rings is 2. The molecule has 3 aromatic rings. The zero-order chi connectivity index (χ0) is 24.7. The summed E-state index contributed by atoms with van der Waals surface area (Å²) in [6.45, 7) is 5.21. The Morgan fingerprint density at radius 1 is 1.06 bits per heavy atom. The SMILES string of the molecule is CC(=O)c1c(C)c2cnc(Nc3cnc(N4CCC(N(C)C)C4)cn3)cc2n(C2CCCC2)c1=O. The number of rotatable bonds is 6. The molecule has 1 unspecified atom stereocenters. The molecule has 9 nitrogen and oxygen atoms in total. The molecule has 1 aliphatic heterocycles. The lowest BCUT2D eigenvalue weighted by Crippen LogP contribution is -2.31. The minimum absolute atomic E-state index is 0.101. The first kappa shape index (κ1) is 23.4. The fourth-order valence-corrected chi connectivity index (χ4v) is 5.52. The Bertz CT molecular complexity index is 1310. The Labute approximate surface area is 205 Å². The number of anilines is 3. The van der Waals surface area contributed by atoms with Crippen LogP contribution in [0.4, 0.5) is 17.5 Å². The summed E-state index contributed by atoms with van der Waals surface area (Å²) >= 11 is 0. The van der Waals surface area contributed by atoms with Crippen molar-refractivity contribution in [2.24, 2.45) is 0 Å². The van der Waals surface area contributed by atoms with E-state index in [1.807, 2.05) is 17.6 Å². The maximum Gasteiger partial charge on any atom is 0.262 e. The van der Waals surface area contributed by atoms with E-state index >= 15 is 0 Å². The van der Waals surface area contributed by atoms with Crippen LogP contribution in [-0.2, 0) is 0 Å². The van der Waals surface area contributed by atoms with Gasteiger partial charge < -0.3 is 19.7 Å². The minimum Gasteiger partial charge on any atom is -0.354 e. The molecule has 5 rings (SSSR count). The Balaban J connectivity index is 1.46. The zero-order valence-electron chi connectivity index (χ0n) is 20.9. The molecule has 1 saturated carbocycles. The van der Waals surface area contributed by atoms with Gasteiger partial charge in [0.05, 0.1) is 23.5 Å². The summed E-state index contributed by atoms with van der Waals surface area (Å²) in [5.41, 5.74) is 1.57. The molecule has 2 aliphatic rings. The predicted octanol–water partition coefficient (Wildman–Crippen LogP) is 3.70. The largest absolute Gasteiger partial charge is 0.354 e. The second-order valence-electron chi connectivity index (χ2n) is 9.99. The molecule has 2 fully saturated rings. The Morgan fingerprint density at radius 3 is 2.43 bits per heavy atom. The second-order valence-corrected chi connectivity index (χ2v) is 9.99. The molecule has 1 saturated heterocycles. The van der Waals surface area contributed by atoms with E-state index in [2.05, 4.69) is 44.2 Å². The van der Waals surface area contributed by atoms with Crippen LogP contribution in [-0.4, -0.2) is 63.4 Å². The van der Waals surface area contributed by atoms with Gasteiger partial charge in [0.25, 0.3) is 5.56 Å². The lowest BCUT2D eigenvalue weighted by molar-refractivity contribution is 0.101. The van der Waals surface area contributed by atoms with Gasteiger partial charge in [-0.1, -0.05) is 12.8 Å². The molecular formula is C26H33N7O2. The van der Waals surface area contributed by atoms with E-state index in [0.29, 0.717) is 23.2 Å². The maximum absolute atomic E-state index is 13.4. The fourth-order valence-electron chi connectivity index (χ4n) is 5.52. The summed E-state index contributed by atoms with van der Waals surface area (Å²) < 4.78 is 1.82. The van der Waals surface area contributed by atoms with Crippen molar-refractivity contribution in [3.8, 4) is 0 Å². The van der Waals surface area contributed by atoms with Gasteiger partial charge in [0.2, 0.25) is 0 Å². The highest BCUT2D eigenvalue weighted by molar-refractivity contribution is 6.00. The minimum atomic E-state index is -0.200. The number of nitrogens with one attached hydrogen (secondary N) is 1. The van der Waals surface area contributed by atoms with Gasteiger partial charge >= 0.3 is 0 Å². The first-order valence-electron chi connectivity index (χ1n) is 12.4. The third-order valence-corrected chi connectivity index (χ3v) is 7.51. The van der Waals surface area contributed by atoms with E-state index in [1.165, 1.54) is 6.92 Å². The summed E-state index contributed by atoms with van der Waals surface area (Å²) in [6, 6.07) is 2.52. The number of hydrogen-bond acceptors (Lipinski definition) is 8. The van der Waals surface area contributed by atoms with Crippen LogP contribution in [0.1, 0.15) is 61.0 Å². The molecule has 184 valence electrons. The lowest BCUT2D eigenvalue weighted by atomic mass is 10.0. The van der Waals surface area contributed by atoms with Crippen molar-refractivity contribution in [2.75, 3.05) is 37.4 Å². The summed E-state index contributed by atoms with van der Waals surface area (Å²) in [6.07, 6.45) is 10.4. The van der Waals surface area contributed by atoms with Crippen molar-refractivity contribution < 1.29 is 4.79 Å². The van der Waals surface area contributed by atoms with Crippen molar-refractivity contribution in [1.29, 1.82) is 0 Å². The number of fused-ring (bicyclic) bond motifs is 1. The molecular weight excluding hydrogens is 442 g/mol. The maximum atomic E-state index is 13.4. The summed E-state index contributed by atoms with van der Waals surface area (Å²) in [4.78, 5) is 44.0. The van der Waals surface area contributed by atoms with Gasteiger partial charge in [-0.25, -0.2) is 15.0 Å². The first-order valence-corrected chi connectivity index (χ1v) is 12.4. The highest BCUT2D eigenvalue weighted by Gasteiger charge is 2.26. The summed E-state index contributed by atoms with van der Waals surface area (Å²) in [7, 11) is 4.22. The van der Waals surface area contributed by atoms with E-state index in [-0.39, 0.29) is 22.9 Å². The average molecular weight is 476 g/mol. The van der Waals surface area contributed by atoms with Crippen LogP contribution >= 0.6 is 0 Å². The molecule has 0 radical (unpaired) electrons. The lowest BCUT2D eigenvalue weighted by Gasteiger charge is -2.21. The van der Waals surface area contributed by atoms with E-state index in [9.17, 15) is 9.59 Å². The van der Waals surface area contributed by atoms with Crippen LogP contribution in [0, 0.1) is 6.92 Å². The van der Waals surface area contributed by atoms with Gasteiger partial charge in [0.1, 0.15) is 17.5 Å². The van der Waals surface area contributed by atoms with Crippen LogP contribution in [0.5, 0.6) is 0 Å². The van der Waals surface area contributed by atoms with Crippen molar-refractivity contribution in [1.82, 2.24) is 24.4 Å². The second kappa shape index (κ2) is 9.37. The average Bonchev–Trinajstić information content (AvgIpc) is 3.52. The number of nitrogens with zero attached hydrogens (tertiary/aromatic N) is 6. The number of aromatic nitrogens is 4. The normalized spacial score (nSPS) is 18.7. The molecule has 35 heavy (non-hydrogen) atoms. The Morgan fingerprint density at radius 2 is 1.80 bits per heavy atom. The highest BCUT2D eigenvalue weighted by atomic mass is 16.1. The number of hydrogen-bond donors (Lipinski definition) is 1. The summed E-state index contributed by atoms with van der Waals surface area (Å²) in [5.74, 6) is 1.85. The van der Waals surface area contributed by atoms with E-state index in [1.54, 1.807) is 18.6 Å². The monoisotopic (exact) mass is 475 g/mol. The van der Waals surface area contributed by atoms with Crippen LogP contribution in [0.3, 0.4) is 0 Å². The predicted molar refractivity (Wildman–Crippen MR) is 138 cm³/mol. The number of Topliss-reactive ketones (excluding diaryl/α,β-unsaturated/α-hetero) is 1. The van der Waals surface area contributed by atoms with Gasteiger partial charge in [-0.15, -0.1) is 0 Å². The molecule has 0 aromatic carbocycles. The standard InChI is InChI=1S/C26H33N7O2/c1-16-20-12-27-22(11-21(20)33(18-7-5-6-8-18)26(35)25(16)17(2)34)30-23-13-29-24(14-28-23)32-10-9-19(15-32)31(3)4/h11-14,18-19H,5-10,15H2,1-4H3,(H,27,28,30). The molecule has 0 bridgehead atoms. The van der Waals surface area contributed by atoms with Gasteiger partial charge in [-0.3, -0.25) is 9.59 Å². The van der Waals surface area contributed by atoms with Gasteiger partial charge in [-0.2, -0.15) is 0 Å². The Kier molecular flexibility index (Phi) is 6.27. The number of ketones is 1. The number of carbonyl (C=O) groups is 1. The molecule has 1 atom stereocenters. The van der Waals surface area contributed by atoms with E-state index < -0.39 is 0 Å². The molecule has 1 aliphatic carbocycles. The van der Waals surface area contributed by atoms with Crippen LogP contribution in [0.25, 0.3) is 10.9 Å². The van der Waals surface area contributed by atoms with Crippen molar-refractivity contribution >= 4 is 34.1 Å². The van der Waals surface area contributed by atoms with Crippen LogP contribution in [0.2, 0.25) is 0 Å². The topological polar surface area (TPSA) is 96.2 Å². The molecule has 0 spiro atoms. The van der Waals surface area contributed by atoms with E-state index in [0.717, 1.165) is 61.9 Å². The van der Waals surface area contributed by atoms with Crippen molar-refractivity contribution in [3.63, 3.8) is 0 Å². The zero-order valence-corrected chi connectivity index (χ0v) is 20.9. The van der Waals surface area contributed by atoms with Crippen molar-refractivity contribution in [3.05, 3.63) is 46.1 Å². The fraction of sp³-hybridized carbons (Fsp3) is 0.500. The Hall–Kier alpha value is -3.33. The number of likely N-dealkylation sites (N-methyl/N-ethyl adjacent to an activating group) is 1. The first-order chi connectivity index (χ1) is 16.8. The van der Waals surface area contributed by atoms with Crippen LogP contribution in [0.15, 0.2) is 29.5 Å². The third-order valence-electron chi connectivity index (χ3n) is 7.51. The highest BCUT2D eigenvalue weighted by Crippen LogP contribution is 2.33. The molecule has 4 heterocycles. The number of aryl methyl sites for hydroxylation is 1. The number of carbonyl (C=O) groups excluding carboxylic acids is 1. The van der Waals surface area contributed by atoms with E-state index in [4.69, 9.17) is 0 Å².